The third-order valence-electron chi connectivity index (χ3n) is 5.47. The summed E-state index contributed by atoms with van der Waals surface area (Å²) in [5.41, 5.74) is 1.74. The van der Waals surface area contributed by atoms with Crippen LogP contribution in [0.15, 0.2) is 39.5 Å². The first-order chi connectivity index (χ1) is 13.1. The fourth-order valence-corrected chi connectivity index (χ4v) is 4.16. The Morgan fingerprint density at radius 3 is 2.74 bits per heavy atom. The van der Waals surface area contributed by atoms with Gasteiger partial charge in [-0.2, -0.15) is 0 Å². The Kier molecular flexibility index (Phi) is 3.68. The number of aromatic amines is 1. The number of likely N-dealkylation sites (tertiary alicyclic amines) is 1. The molecule has 1 fully saturated rings. The van der Waals surface area contributed by atoms with Crippen LogP contribution in [0, 0.1) is 5.82 Å². The van der Waals surface area contributed by atoms with E-state index in [1.54, 1.807) is 18.2 Å². The SMILES string of the molecule is O=c1[nH]c2cc(F)ccc2c2oc3ccc(O)c(CN4CCCCC4)c3c12. The van der Waals surface area contributed by atoms with Gasteiger partial charge in [0, 0.05) is 22.9 Å². The molecule has 138 valence electrons. The number of hydrogen-bond acceptors (Lipinski definition) is 4. The minimum atomic E-state index is -0.419. The van der Waals surface area contributed by atoms with E-state index in [-0.39, 0.29) is 11.3 Å². The van der Waals surface area contributed by atoms with E-state index >= 15 is 0 Å². The zero-order chi connectivity index (χ0) is 18.5. The summed E-state index contributed by atoms with van der Waals surface area (Å²) in [6.07, 6.45) is 3.50. The second-order valence-electron chi connectivity index (χ2n) is 7.22. The van der Waals surface area contributed by atoms with Gasteiger partial charge in [-0.15, -0.1) is 0 Å². The van der Waals surface area contributed by atoms with Gasteiger partial charge in [0.1, 0.15) is 22.7 Å². The largest absolute Gasteiger partial charge is 0.508 e. The van der Waals surface area contributed by atoms with E-state index < -0.39 is 5.82 Å². The predicted molar refractivity (Wildman–Crippen MR) is 103 cm³/mol. The topological polar surface area (TPSA) is 69.5 Å². The van der Waals surface area contributed by atoms with Crippen molar-refractivity contribution in [2.45, 2.75) is 25.8 Å². The van der Waals surface area contributed by atoms with Crippen molar-refractivity contribution in [1.29, 1.82) is 0 Å². The maximum Gasteiger partial charge on any atom is 0.260 e. The van der Waals surface area contributed by atoms with Crippen LogP contribution in [0.5, 0.6) is 5.75 Å². The van der Waals surface area contributed by atoms with Crippen LogP contribution in [-0.2, 0) is 6.54 Å². The number of hydrogen-bond donors (Lipinski definition) is 2. The van der Waals surface area contributed by atoms with Gasteiger partial charge < -0.3 is 14.5 Å². The molecule has 0 amide bonds. The molecule has 6 heteroatoms. The van der Waals surface area contributed by atoms with Gasteiger partial charge in [-0.25, -0.2) is 4.39 Å². The number of pyridine rings is 1. The van der Waals surface area contributed by atoms with Gasteiger partial charge in [0.15, 0.2) is 0 Å². The number of aromatic hydroxyl groups is 1. The van der Waals surface area contributed by atoms with Gasteiger partial charge in [-0.3, -0.25) is 9.69 Å². The molecule has 1 aliphatic rings. The van der Waals surface area contributed by atoms with Gasteiger partial charge in [0.25, 0.3) is 5.56 Å². The van der Waals surface area contributed by atoms with E-state index in [0.717, 1.165) is 25.9 Å². The normalized spacial score (nSPS) is 15.9. The maximum atomic E-state index is 13.6. The molecule has 3 heterocycles. The van der Waals surface area contributed by atoms with E-state index in [0.29, 0.717) is 44.9 Å². The highest BCUT2D eigenvalue weighted by Gasteiger charge is 2.21. The number of aromatic nitrogens is 1. The maximum absolute atomic E-state index is 13.6. The summed E-state index contributed by atoms with van der Waals surface area (Å²) in [6.45, 7) is 2.52. The summed E-state index contributed by atoms with van der Waals surface area (Å²) in [4.78, 5) is 17.8. The Hall–Kier alpha value is -2.86. The van der Waals surface area contributed by atoms with Crippen LogP contribution in [0.4, 0.5) is 4.39 Å². The molecule has 0 aliphatic carbocycles. The van der Waals surface area contributed by atoms with Crippen molar-refractivity contribution in [1.82, 2.24) is 9.88 Å². The molecule has 1 aliphatic heterocycles. The summed E-state index contributed by atoms with van der Waals surface area (Å²) in [5.74, 6) is -0.258. The molecular formula is C21H19FN2O3. The molecular weight excluding hydrogens is 347 g/mol. The van der Waals surface area contributed by atoms with Gasteiger partial charge in [-0.1, -0.05) is 6.42 Å². The van der Waals surface area contributed by atoms with Crippen LogP contribution in [-0.4, -0.2) is 28.1 Å². The second kappa shape index (κ2) is 6.09. The van der Waals surface area contributed by atoms with Crippen molar-refractivity contribution in [2.75, 3.05) is 13.1 Å². The van der Waals surface area contributed by atoms with Crippen LogP contribution in [0.1, 0.15) is 24.8 Å². The molecule has 5 rings (SSSR count). The first kappa shape index (κ1) is 16.3. The number of benzene rings is 2. The van der Waals surface area contributed by atoms with Crippen LogP contribution in [0.25, 0.3) is 32.8 Å². The number of nitrogens with zero attached hydrogens (tertiary/aromatic N) is 1. The van der Waals surface area contributed by atoms with Gasteiger partial charge in [-0.05, 0) is 56.3 Å². The number of H-pyrrole nitrogens is 1. The number of fused-ring (bicyclic) bond motifs is 5. The number of furan rings is 1. The van der Waals surface area contributed by atoms with E-state index in [2.05, 4.69) is 9.88 Å². The molecule has 2 N–H and O–H groups in total. The number of phenolic OH excluding ortho intramolecular Hbond substituents is 1. The van der Waals surface area contributed by atoms with Crippen molar-refractivity contribution < 1.29 is 13.9 Å². The van der Waals surface area contributed by atoms with E-state index in [9.17, 15) is 14.3 Å². The van der Waals surface area contributed by atoms with Crippen LogP contribution in [0.2, 0.25) is 0 Å². The molecule has 5 nitrogen and oxygen atoms in total. The van der Waals surface area contributed by atoms with Crippen molar-refractivity contribution in [3.8, 4) is 5.75 Å². The number of phenols is 1. The highest BCUT2D eigenvalue weighted by Crippen LogP contribution is 2.37. The fourth-order valence-electron chi connectivity index (χ4n) is 4.16. The minimum absolute atomic E-state index is 0.161. The number of nitrogens with one attached hydrogen (secondary N) is 1. The van der Waals surface area contributed by atoms with Gasteiger partial charge in [0.05, 0.1) is 10.9 Å². The van der Waals surface area contributed by atoms with Crippen molar-refractivity contribution in [3.05, 3.63) is 52.1 Å². The van der Waals surface area contributed by atoms with Crippen LogP contribution in [0.3, 0.4) is 0 Å². The van der Waals surface area contributed by atoms with Gasteiger partial charge in [0.2, 0.25) is 0 Å². The Morgan fingerprint density at radius 2 is 1.93 bits per heavy atom. The summed E-state index contributed by atoms with van der Waals surface area (Å²) < 4.78 is 19.6. The molecule has 0 unspecified atom stereocenters. The monoisotopic (exact) mass is 366 g/mol. The number of halogens is 1. The standard InChI is InChI=1S/C21H19FN2O3/c22-12-4-5-13-15(10-12)23-21(26)19-18-14(11-24-8-2-1-3-9-24)16(25)6-7-17(18)27-20(13)19/h4-7,10,25H,1-3,8-9,11H2,(H,23,26). The van der Waals surface area contributed by atoms with Crippen molar-refractivity contribution >= 4 is 32.8 Å². The van der Waals surface area contributed by atoms with E-state index in [4.69, 9.17) is 4.42 Å². The third kappa shape index (κ3) is 2.59. The van der Waals surface area contributed by atoms with E-state index in [1.807, 2.05) is 0 Å². The molecule has 0 bridgehead atoms. The summed E-state index contributed by atoms with van der Waals surface area (Å²) >= 11 is 0. The highest BCUT2D eigenvalue weighted by atomic mass is 19.1. The van der Waals surface area contributed by atoms with Crippen LogP contribution < -0.4 is 5.56 Å². The Balaban J connectivity index is 1.81. The smallest absolute Gasteiger partial charge is 0.260 e. The molecule has 2 aromatic carbocycles. The zero-order valence-corrected chi connectivity index (χ0v) is 14.7. The lowest BCUT2D eigenvalue weighted by Crippen LogP contribution is -2.29. The molecule has 4 aromatic rings. The molecule has 0 saturated carbocycles. The lowest BCUT2D eigenvalue weighted by molar-refractivity contribution is 0.219. The minimum Gasteiger partial charge on any atom is -0.508 e. The molecule has 0 atom stereocenters. The molecule has 0 radical (unpaired) electrons. The zero-order valence-electron chi connectivity index (χ0n) is 14.7. The second-order valence-corrected chi connectivity index (χ2v) is 7.22. The summed E-state index contributed by atoms with van der Waals surface area (Å²) in [6, 6.07) is 7.53. The van der Waals surface area contributed by atoms with E-state index in [1.165, 1.54) is 18.6 Å². The molecule has 2 aromatic heterocycles. The first-order valence-electron chi connectivity index (χ1n) is 9.23. The Labute approximate surface area is 154 Å². The Morgan fingerprint density at radius 1 is 1.11 bits per heavy atom. The average molecular weight is 366 g/mol. The van der Waals surface area contributed by atoms with Gasteiger partial charge >= 0.3 is 0 Å². The lowest BCUT2D eigenvalue weighted by Gasteiger charge is -2.26. The third-order valence-corrected chi connectivity index (χ3v) is 5.47. The molecule has 1 saturated heterocycles. The number of piperidine rings is 1. The lowest BCUT2D eigenvalue weighted by atomic mass is 10.0. The molecule has 27 heavy (non-hydrogen) atoms. The predicted octanol–water partition coefficient (Wildman–Crippen LogP) is 4.26. The van der Waals surface area contributed by atoms with Crippen LogP contribution >= 0.6 is 0 Å². The fraction of sp³-hybridized carbons (Fsp3) is 0.286. The number of rotatable bonds is 2. The van der Waals surface area contributed by atoms with Crippen molar-refractivity contribution in [2.24, 2.45) is 0 Å². The molecule has 0 spiro atoms. The first-order valence-corrected chi connectivity index (χ1v) is 9.23. The summed E-state index contributed by atoms with van der Waals surface area (Å²) in [5, 5.41) is 12.2. The Bertz CT molecular complexity index is 1240. The summed E-state index contributed by atoms with van der Waals surface area (Å²) in [7, 11) is 0. The average Bonchev–Trinajstić information content (AvgIpc) is 3.05. The highest BCUT2D eigenvalue weighted by molar-refractivity contribution is 6.14. The van der Waals surface area contributed by atoms with Crippen molar-refractivity contribution in [3.63, 3.8) is 0 Å². The quantitative estimate of drug-likeness (QED) is 0.556.